The molecule has 0 aliphatic carbocycles. The molecule has 1 N–H and O–H groups in total. The number of rotatable bonds is 4. The van der Waals surface area contributed by atoms with Gasteiger partial charge < -0.3 is 5.11 Å². The molecule has 0 saturated heterocycles. The summed E-state index contributed by atoms with van der Waals surface area (Å²) in [6, 6.07) is 0. The molecule has 0 radical (unpaired) electrons. The van der Waals surface area contributed by atoms with Crippen molar-refractivity contribution in [2.24, 2.45) is 5.41 Å². The van der Waals surface area contributed by atoms with Gasteiger partial charge in [0.1, 0.15) is 10.8 Å². The van der Waals surface area contributed by atoms with Crippen molar-refractivity contribution in [3.8, 4) is 0 Å². The van der Waals surface area contributed by atoms with Gasteiger partial charge in [0.2, 0.25) is 0 Å². The molecular formula is C11H20N2OS. The number of aliphatic hydroxyl groups excluding tert-OH is 1. The summed E-state index contributed by atoms with van der Waals surface area (Å²) in [6.45, 7) is 8.22. The summed E-state index contributed by atoms with van der Waals surface area (Å²) in [5.41, 5.74) is -0.0867. The molecule has 0 saturated carbocycles. The van der Waals surface area contributed by atoms with E-state index in [9.17, 15) is 5.11 Å². The smallest absolute Gasteiger partial charge is 0.142 e. The maximum absolute atomic E-state index is 9.92. The summed E-state index contributed by atoms with van der Waals surface area (Å²) >= 11 is 1.41. The highest BCUT2D eigenvalue weighted by Crippen LogP contribution is 2.23. The van der Waals surface area contributed by atoms with Crippen LogP contribution in [0.4, 0.5) is 0 Å². The van der Waals surface area contributed by atoms with E-state index in [4.69, 9.17) is 0 Å². The molecule has 86 valence electrons. The Morgan fingerprint density at radius 3 is 2.60 bits per heavy atom. The molecule has 1 unspecified atom stereocenters. The topological polar surface area (TPSA) is 46.0 Å². The molecule has 0 aliphatic rings. The zero-order valence-electron chi connectivity index (χ0n) is 9.95. The Balaban J connectivity index is 2.57. The second-order valence-corrected chi connectivity index (χ2v) is 5.78. The van der Waals surface area contributed by atoms with Crippen molar-refractivity contribution in [3.63, 3.8) is 0 Å². The highest BCUT2D eigenvalue weighted by atomic mass is 32.1. The van der Waals surface area contributed by atoms with Crippen LogP contribution >= 0.6 is 11.5 Å². The van der Waals surface area contributed by atoms with Gasteiger partial charge in [-0.3, -0.25) is 0 Å². The fourth-order valence-electron chi connectivity index (χ4n) is 1.17. The van der Waals surface area contributed by atoms with E-state index in [0.29, 0.717) is 6.42 Å². The van der Waals surface area contributed by atoms with Gasteiger partial charge in [-0.15, -0.1) is 0 Å². The Kier molecular flexibility index (Phi) is 4.22. The lowest BCUT2D eigenvalue weighted by molar-refractivity contribution is 0.0635. The standard InChI is InChI=1S/C11H20N2OS/c1-5-6-9-12-10(15-13-9)7-8(14)11(2,3)4/h8,14H,5-7H2,1-4H3. The van der Waals surface area contributed by atoms with Gasteiger partial charge in [0.15, 0.2) is 0 Å². The summed E-state index contributed by atoms with van der Waals surface area (Å²) in [5, 5.41) is 10.9. The third kappa shape index (κ3) is 3.87. The molecule has 1 atom stereocenters. The van der Waals surface area contributed by atoms with Gasteiger partial charge in [-0.25, -0.2) is 4.98 Å². The number of aromatic nitrogens is 2. The molecule has 1 rings (SSSR count). The first kappa shape index (κ1) is 12.6. The van der Waals surface area contributed by atoms with E-state index in [-0.39, 0.29) is 11.5 Å². The first-order valence-electron chi connectivity index (χ1n) is 5.43. The van der Waals surface area contributed by atoms with Gasteiger partial charge in [-0.1, -0.05) is 27.7 Å². The van der Waals surface area contributed by atoms with Crippen molar-refractivity contribution in [1.82, 2.24) is 9.36 Å². The fraction of sp³-hybridized carbons (Fsp3) is 0.818. The molecule has 1 aromatic heterocycles. The summed E-state index contributed by atoms with van der Waals surface area (Å²) in [7, 11) is 0. The molecular weight excluding hydrogens is 208 g/mol. The second-order valence-electron chi connectivity index (χ2n) is 4.94. The van der Waals surface area contributed by atoms with Gasteiger partial charge in [-0.05, 0) is 23.4 Å². The summed E-state index contributed by atoms with van der Waals surface area (Å²) in [5.74, 6) is 0.915. The van der Waals surface area contributed by atoms with Crippen molar-refractivity contribution in [1.29, 1.82) is 0 Å². The van der Waals surface area contributed by atoms with Crippen LogP contribution in [0.1, 0.15) is 44.9 Å². The van der Waals surface area contributed by atoms with Crippen LogP contribution in [-0.2, 0) is 12.8 Å². The molecule has 0 fully saturated rings. The quantitative estimate of drug-likeness (QED) is 0.861. The van der Waals surface area contributed by atoms with Gasteiger partial charge in [-0.2, -0.15) is 4.37 Å². The van der Waals surface area contributed by atoms with E-state index >= 15 is 0 Å². The predicted molar refractivity (Wildman–Crippen MR) is 63.1 cm³/mol. The molecule has 3 nitrogen and oxygen atoms in total. The monoisotopic (exact) mass is 228 g/mol. The van der Waals surface area contributed by atoms with Crippen LogP contribution in [0.3, 0.4) is 0 Å². The number of aliphatic hydroxyl groups is 1. The van der Waals surface area contributed by atoms with E-state index in [1.54, 1.807) is 0 Å². The van der Waals surface area contributed by atoms with Crippen molar-refractivity contribution in [3.05, 3.63) is 10.8 Å². The average molecular weight is 228 g/mol. The molecule has 0 aliphatic heterocycles. The first-order valence-corrected chi connectivity index (χ1v) is 6.20. The van der Waals surface area contributed by atoms with Gasteiger partial charge in [0.25, 0.3) is 0 Å². The van der Waals surface area contributed by atoms with Crippen LogP contribution in [-0.4, -0.2) is 20.6 Å². The van der Waals surface area contributed by atoms with E-state index in [2.05, 4.69) is 16.3 Å². The Bertz CT molecular complexity index is 304. The molecule has 0 aromatic carbocycles. The van der Waals surface area contributed by atoms with Crippen molar-refractivity contribution in [2.75, 3.05) is 0 Å². The third-order valence-electron chi connectivity index (χ3n) is 2.35. The minimum atomic E-state index is -0.347. The number of nitrogens with zero attached hydrogens (tertiary/aromatic N) is 2. The molecule has 15 heavy (non-hydrogen) atoms. The Hall–Kier alpha value is -0.480. The van der Waals surface area contributed by atoms with Crippen LogP contribution in [0.25, 0.3) is 0 Å². The first-order chi connectivity index (χ1) is 6.93. The van der Waals surface area contributed by atoms with E-state index in [1.165, 1.54) is 11.5 Å². The van der Waals surface area contributed by atoms with Crippen molar-refractivity contribution < 1.29 is 5.11 Å². The Morgan fingerprint density at radius 1 is 1.40 bits per heavy atom. The maximum atomic E-state index is 9.92. The number of aryl methyl sites for hydroxylation is 1. The van der Waals surface area contributed by atoms with Crippen molar-refractivity contribution >= 4 is 11.5 Å². The molecule has 1 aromatic rings. The number of hydrogen-bond acceptors (Lipinski definition) is 4. The van der Waals surface area contributed by atoms with Crippen LogP contribution in [0, 0.1) is 5.41 Å². The molecule has 4 heteroatoms. The predicted octanol–water partition coefficient (Wildman–Crippen LogP) is 2.44. The van der Waals surface area contributed by atoms with Crippen LogP contribution in [0.2, 0.25) is 0 Å². The average Bonchev–Trinajstić information content (AvgIpc) is 2.51. The van der Waals surface area contributed by atoms with Crippen LogP contribution < -0.4 is 0 Å². The van der Waals surface area contributed by atoms with E-state index < -0.39 is 0 Å². The molecule has 0 amide bonds. The van der Waals surface area contributed by atoms with E-state index in [1.807, 2.05) is 20.8 Å². The van der Waals surface area contributed by atoms with Crippen molar-refractivity contribution in [2.45, 2.75) is 53.1 Å². The Labute approximate surface area is 95.7 Å². The highest BCUT2D eigenvalue weighted by molar-refractivity contribution is 7.05. The normalized spacial score (nSPS) is 14.2. The van der Waals surface area contributed by atoms with Crippen LogP contribution in [0.5, 0.6) is 0 Å². The fourth-order valence-corrected chi connectivity index (χ4v) is 1.89. The second kappa shape index (κ2) is 5.03. The zero-order valence-corrected chi connectivity index (χ0v) is 10.8. The minimum absolute atomic E-state index is 0.0867. The zero-order chi connectivity index (χ0) is 11.5. The lowest BCUT2D eigenvalue weighted by Gasteiger charge is -2.24. The van der Waals surface area contributed by atoms with Gasteiger partial charge >= 0.3 is 0 Å². The maximum Gasteiger partial charge on any atom is 0.142 e. The van der Waals surface area contributed by atoms with Gasteiger partial charge in [0.05, 0.1) is 6.10 Å². The summed E-state index contributed by atoms with van der Waals surface area (Å²) in [6.07, 6.45) is 2.27. The van der Waals surface area contributed by atoms with Crippen LogP contribution in [0.15, 0.2) is 0 Å². The Morgan fingerprint density at radius 2 is 2.07 bits per heavy atom. The summed E-state index contributed by atoms with van der Waals surface area (Å²) < 4.78 is 4.26. The molecule has 0 bridgehead atoms. The lowest BCUT2D eigenvalue weighted by atomic mass is 9.87. The van der Waals surface area contributed by atoms with Gasteiger partial charge in [0, 0.05) is 12.8 Å². The summed E-state index contributed by atoms with van der Waals surface area (Å²) in [4.78, 5) is 4.40. The highest BCUT2D eigenvalue weighted by Gasteiger charge is 2.23. The largest absolute Gasteiger partial charge is 0.392 e. The SMILES string of the molecule is CCCc1nsc(CC(O)C(C)(C)C)n1. The molecule has 0 spiro atoms. The molecule has 1 heterocycles. The minimum Gasteiger partial charge on any atom is -0.392 e. The van der Waals surface area contributed by atoms with E-state index in [0.717, 1.165) is 23.7 Å². The third-order valence-corrected chi connectivity index (χ3v) is 3.12. The lowest BCUT2D eigenvalue weighted by Crippen LogP contribution is -2.28. The number of hydrogen-bond donors (Lipinski definition) is 1.